The van der Waals surface area contributed by atoms with Gasteiger partial charge in [0.25, 0.3) is 0 Å². The Morgan fingerprint density at radius 2 is 1.93 bits per heavy atom. The molecule has 2 rings (SSSR count). The summed E-state index contributed by atoms with van der Waals surface area (Å²) < 4.78 is 5.23. The Balaban J connectivity index is 2.29. The molecule has 2 atom stereocenters. The zero-order valence-corrected chi connectivity index (χ0v) is 9.12. The maximum atomic E-state index is 11.3. The standard InChI is InChI=1S/C12H11ClO2/c1-7-8(2)12(14)15-11(7)9-3-5-10(13)6-4-9/h3-7,11H,2H2,1H3/t7-,11-/m0/s1. The topological polar surface area (TPSA) is 26.3 Å². The largest absolute Gasteiger partial charge is 0.453 e. The van der Waals surface area contributed by atoms with Gasteiger partial charge in [-0.25, -0.2) is 4.79 Å². The third-order valence-corrected chi connectivity index (χ3v) is 2.95. The van der Waals surface area contributed by atoms with Crippen molar-refractivity contribution < 1.29 is 9.53 Å². The molecule has 78 valence electrons. The van der Waals surface area contributed by atoms with Crippen molar-refractivity contribution in [3.8, 4) is 0 Å². The molecule has 0 amide bonds. The maximum Gasteiger partial charge on any atom is 0.334 e. The molecule has 0 saturated carbocycles. The molecule has 0 bridgehead atoms. The van der Waals surface area contributed by atoms with E-state index in [2.05, 4.69) is 6.58 Å². The van der Waals surface area contributed by atoms with Crippen LogP contribution in [0.4, 0.5) is 0 Å². The second-order valence-corrected chi connectivity index (χ2v) is 4.13. The van der Waals surface area contributed by atoms with Crippen LogP contribution in [0.1, 0.15) is 18.6 Å². The van der Waals surface area contributed by atoms with Crippen molar-refractivity contribution in [1.29, 1.82) is 0 Å². The fourth-order valence-electron chi connectivity index (χ4n) is 1.67. The van der Waals surface area contributed by atoms with Gasteiger partial charge in [-0.15, -0.1) is 0 Å². The molecule has 0 aliphatic carbocycles. The van der Waals surface area contributed by atoms with Gasteiger partial charge in [-0.2, -0.15) is 0 Å². The van der Waals surface area contributed by atoms with E-state index in [9.17, 15) is 4.79 Å². The Morgan fingerprint density at radius 3 is 2.40 bits per heavy atom. The molecular weight excluding hydrogens is 212 g/mol. The normalized spacial score (nSPS) is 25.5. The Labute approximate surface area is 93.5 Å². The predicted octanol–water partition coefficient (Wildman–Crippen LogP) is 3.13. The lowest BCUT2D eigenvalue weighted by Gasteiger charge is -2.13. The third kappa shape index (κ3) is 1.77. The molecule has 0 spiro atoms. The maximum absolute atomic E-state index is 11.3. The Bertz CT molecular complexity index is 408. The van der Waals surface area contributed by atoms with Gasteiger partial charge >= 0.3 is 5.97 Å². The van der Waals surface area contributed by atoms with Crippen LogP contribution in [0.25, 0.3) is 0 Å². The van der Waals surface area contributed by atoms with Crippen molar-refractivity contribution in [3.05, 3.63) is 47.0 Å². The summed E-state index contributed by atoms with van der Waals surface area (Å²) in [5.41, 5.74) is 1.49. The van der Waals surface area contributed by atoms with Gasteiger partial charge in [-0.05, 0) is 17.7 Å². The van der Waals surface area contributed by atoms with Gasteiger partial charge in [0.05, 0.1) is 0 Å². The number of esters is 1. The molecule has 1 aliphatic rings. The van der Waals surface area contributed by atoms with Gasteiger partial charge in [0.2, 0.25) is 0 Å². The number of hydrogen-bond acceptors (Lipinski definition) is 2. The van der Waals surface area contributed by atoms with Crippen molar-refractivity contribution in [3.63, 3.8) is 0 Å². The lowest BCUT2D eigenvalue weighted by atomic mass is 9.94. The van der Waals surface area contributed by atoms with E-state index in [1.165, 1.54) is 0 Å². The highest BCUT2D eigenvalue weighted by Gasteiger charge is 2.36. The van der Waals surface area contributed by atoms with E-state index in [-0.39, 0.29) is 18.0 Å². The van der Waals surface area contributed by atoms with Crippen LogP contribution in [0.3, 0.4) is 0 Å². The number of halogens is 1. The fraction of sp³-hybridized carbons (Fsp3) is 0.250. The second kappa shape index (κ2) is 3.70. The summed E-state index contributed by atoms with van der Waals surface area (Å²) in [4.78, 5) is 11.3. The molecule has 0 radical (unpaired) electrons. The molecular formula is C12H11ClO2. The van der Waals surface area contributed by atoms with Crippen LogP contribution < -0.4 is 0 Å². The average molecular weight is 223 g/mol. The highest BCUT2D eigenvalue weighted by Crippen LogP contribution is 2.37. The molecule has 1 aromatic carbocycles. The van der Waals surface area contributed by atoms with Crippen molar-refractivity contribution in [2.45, 2.75) is 13.0 Å². The summed E-state index contributed by atoms with van der Waals surface area (Å²) in [6.45, 7) is 5.65. The summed E-state index contributed by atoms with van der Waals surface area (Å²) in [5.74, 6) is -0.277. The van der Waals surface area contributed by atoms with Gasteiger partial charge in [-0.1, -0.05) is 37.2 Å². The second-order valence-electron chi connectivity index (χ2n) is 3.69. The first kappa shape index (κ1) is 10.2. The quantitative estimate of drug-likeness (QED) is 0.539. The minimum Gasteiger partial charge on any atom is -0.453 e. The lowest BCUT2D eigenvalue weighted by Crippen LogP contribution is -2.04. The number of benzene rings is 1. The number of hydrogen-bond donors (Lipinski definition) is 0. The number of rotatable bonds is 1. The van der Waals surface area contributed by atoms with E-state index in [0.717, 1.165) is 5.56 Å². The van der Waals surface area contributed by atoms with Gasteiger partial charge in [-0.3, -0.25) is 0 Å². The van der Waals surface area contributed by atoms with Gasteiger partial charge in [0, 0.05) is 16.5 Å². The van der Waals surface area contributed by atoms with Crippen LogP contribution in [0, 0.1) is 5.92 Å². The molecule has 1 aromatic rings. The summed E-state index contributed by atoms with van der Waals surface area (Å²) in [5, 5.41) is 0.676. The lowest BCUT2D eigenvalue weighted by molar-refractivity contribution is -0.139. The molecule has 0 N–H and O–H groups in total. The number of carbonyl (C=O) groups excluding carboxylic acids is 1. The van der Waals surface area contributed by atoms with Gasteiger partial charge in [0.1, 0.15) is 6.10 Å². The molecule has 0 unspecified atom stereocenters. The molecule has 1 heterocycles. The van der Waals surface area contributed by atoms with Crippen LogP contribution in [0.15, 0.2) is 36.4 Å². The molecule has 2 nitrogen and oxygen atoms in total. The van der Waals surface area contributed by atoms with E-state index < -0.39 is 0 Å². The van der Waals surface area contributed by atoms with Crippen LogP contribution in [0.2, 0.25) is 5.02 Å². The molecule has 1 aliphatic heterocycles. The molecule has 0 aromatic heterocycles. The van der Waals surface area contributed by atoms with Crippen LogP contribution >= 0.6 is 11.6 Å². The SMILES string of the molecule is C=C1C(=O)O[C@H](c2ccc(Cl)cc2)[C@H]1C. The van der Waals surface area contributed by atoms with Crippen molar-refractivity contribution in [1.82, 2.24) is 0 Å². The molecule has 3 heteroatoms. The first-order valence-electron chi connectivity index (χ1n) is 4.75. The highest BCUT2D eigenvalue weighted by atomic mass is 35.5. The monoisotopic (exact) mass is 222 g/mol. The van der Waals surface area contributed by atoms with Gasteiger partial charge in [0.15, 0.2) is 0 Å². The minimum atomic E-state index is -0.303. The third-order valence-electron chi connectivity index (χ3n) is 2.70. The van der Waals surface area contributed by atoms with E-state index in [1.54, 1.807) is 12.1 Å². The fourth-order valence-corrected chi connectivity index (χ4v) is 1.80. The first-order valence-corrected chi connectivity index (χ1v) is 5.12. The van der Waals surface area contributed by atoms with Crippen LogP contribution in [-0.4, -0.2) is 5.97 Å². The summed E-state index contributed by atoms with van der Waals surface area (Å²) in [6.07, 6.45) is -0.220. The minimum absolute atomic E-state index is 0.0266. The number of cyclic esters (lactones) is 1. The van der Waals surface area contributed by atoms with E-state index in [4.69, 9.17) is 16.3 Å². The smallest absolute Gasteiger partial charge is 0.334 e. The predicted molar refractivity (Wildman–Crippen MR) is 58.6 cm³/mol. The van der Waals surface area contributed by atoms with E-state index >= 15 is 0 Å². The molecule has 1 fully saturated rings. The molecule has 15 heavy (non-hydrogen) atoms. The first-order chi connectivity index (χ1) is 7.09. The Hall–Kier alpha value is -1.28. The van der Waals surface area contributed by atoms with Crippen LogP contribution in [-0.2, 0) is 9.53 Å². The average Bonchev–Trinajstić information content (AvgIpc) is 2.47. The zero-order chi connectivity index (χ0) is 11.0. The Morgan fingerprint density at radius 1 is 1.33 bits per heavy atom. The van der Waals surface area contributed by atoms with Crippen molar-refractivity contribution in [2.24, 2.45) is 5.92 Å². The zero-order valence-electron chi connectivity index (χ0n) is 8.37. The van der Waals surface area contributed by atoms with Crippen LogP contribution in [0.5, 0.6) is 0 Å². The van der Waals surface area contributed by atoms with Crippen molar-refractivity contribution in [2.75, 3.05) is 0 Å². The molecule has 1 saturated heterocycles. The van der Waals surface area contributed by atoms with Crippen molar-refractivity contribution >= 4 is 17.6 Å². The summed E-state index contributed by atoms with van der Waals surface area (Å²) in [6, 6.07) is 7.32. The number of ether oxygens (including phenoxy) is 1. The van der Waals surface area contributed by atoms with E-state index in [0.29, 0.717) is 10.6 Å². The summed E-state index contributed by atoms with van der Waals surface area (Å²) in [7, 11) is 0. The van der Waals surface area contributed by atoms with E-state index in [1.807, 2.05) is 19.1 Å². The number of carbonyl (C=O) groups is 1. The Kier molecular flexibility index (Phi) is 2.53. The highest BCUT2D eigenvalue weighted by molar-refractivity contribution is 6.30. The summed E-state index contributed by atoms with van der Waals surface area (Å²) >= 11 is 5.79. The van der Waals surface area contributed by atoms with Gasteiger partial charge < -0.3 is 4.74 Å².